The van der Waals surface area contributed by atoms with E-state index in [1.807, 2.05) is 0 Å². The van der Waals surface area contributed by atoms with Gasteiger partial charge in [-0.1, -0.05) is 13.8 Å². The van der Waals surface area contributed by atoms with Gasteiger partial charge in [-0.05, 0) is 38.0 Å². The highest BCUT2D eigenvalue weighted by Gasteiger charge is 2.43. The van der Waals surface area contributed by atoms with Gasteiger partial charge in [-0.15, -0.1) is 0 Å². The summed E-state index contributed by atoms with van der Waals surface area (Å²) in [7, 11) is 5.22. The molecular weight excluding hydrogens is 741 g/mol. The van der Waals surface area contributed by atoms with E-state index in [1.165, 1.54) is 16.4 Å². The summed E-state index contributed by atoms with van der Waals surface area (Å²) in [5.41, 5.74) is -3.77. The number of piperazine rings is 1. The molecule has 1 saturated heterocycles. The highest BCUT2D eigenvalue weighted by molar-refractivity contribution is 6.14. The number of nitrogens with zero attached hydrogens (tertiary/aromatic N) is 8. The third-order valence-corrected chi connectivity index (χ3v) is 8.83. The first kappa shape index (κ1) is 40.7. The number of pyridine rings is 1. The maximum Gasteiger partial charge on any atom is 0.416 e. The predicted molar refractivity (Wildman–Crippen MR) is 184 cm³/mol. The van der Waals surface area contributed by atoms with Crippen LogP contribution in [0.3, 0.4) is 0 Å². The average Bonchev–Trinajstić information content (AvgIpc) is 3.09. The Kier molecular flexibility index (Phi) is 11.1. The minimum atomic E-state index is -4.86. The van der Waals surface area contributed by atoms with Crippen molar-refractivity contribution in [2.45, 2.75) is 64.3 Å². The van der Waals surface area contributed by atoms with E-state index in [1.54, 1.807) is 18.7 Å². The number of alkyl halides is 3. The fraction of sp³-hybridized carbons (Fsp3) is 0.406. The van der Waals surface area contributed by atoms with Crippen molar-refractivity contribution < 1.29 is 57.8 Å². The normalized spacial score (nSPS) is 15.4. The third-order valence-electron chi connectivity index (χ3n) is 8.83. The molecule has 18 nitrogen and oxygen atoms in total. The molecule has 0 aliphatic carbocycles. The van der Waals surface area contributed by atoms with Gasteiger partial charge in [0.25, 0.3) is 5.91 Å². The van der Waals surface area contributed by atoms with Gasteiger partial charge in [-0.25, -0.2) is 29.2 Å². The van der Waals surface area contributed by atoms with Gasteiger partial charge in [0.05, 0.1) is 23.1 Å². The number of aromatic hydroxyl groups is 1. The van der Waals surface area contributed by atoms with Crippen molar-refractivity contribution in [2.75, 3.05) is 34.8 Å². The zero-order valence-electron chi connectivity index (χ0n) is 29.3. The fourth-order valence-electron chi connectivity index (χ4n) is 6.28. The zero-order valence-corrected chi connectivity index (χ0v) is 29.3. The second kappa shape index (κ2) is 15.0. The largest absolute Gasteiger partial charge is 0.504 e. The van der Waals surface area contributed by atoms with Crippen LogP contribution in [-0.2, 0) is 23.9 Å². The van der Waals surface area contributed by atoms with Crippen LogP contribution in [0.4, 0.5) is 34.8 Å². The van der Waals surface area contributed by atoms with Crippen LogP contribution in [0.25, 0.3) is 11.2 Å². The molecule has 0 bridgehead atoms. The lowest BCUT2D eigenvalue weighted by molar-refractivity contribution is -0.336. The van der Waals surface area contributed by atoms with Gasteiger partial charge in [0, 0.05) is 31.4 Å². The van der Waals surface area contributed by atoms with Crippen LogP contribution in [0.1, 0.15) is 47.7 Å². The molecule has 7 N–H and O–H groups in total. The van der Waals surface area contributed by atoms with Crippen LogP contribution in [0, 0.1) is 12.7 Å². The number of amides is 2. The van der Waals surface area contributed by atoms with Crippen molar-refractivity contribution in [3.05, 3.63) is 69.4 Å². The number of hydrogen-bond donors (Lipinski definition) is 7. The van der Waals surface area contributed by atoms with Crippen LogP contribution in [0.5, 0.6) is 5.75 Å². The lowest BCUT2D eigenvalue weighted by Crippen LogP contribution is -2.62. The molecule has 23 heteroatoms. The minimum absolute atomic E-state index is 0.00158. The molecule has 1 aliphatic heterocycles. The van der Waals surface area contributed by atoms with Crippen molar-refractivity contribution in [2.24, 2.45) is 0 Å². The number of aliphatic hydroxyl groups is 5. The first-order valence-electron chi connectivity index (χ1n) is 16.4. The number of carbonyl (C=O) groups excluding carboxylic acids is 2. The van der Waals surface area contributed by atoms with Crippen molar-refractivity contribution in [3.8, 4) is 5.75 Å². The van der Waals surface area contributed by atoms with Crippen molar-refractivity contribution in [1.82, 2.24) is 29.4 Å². The number of benzene rings is 1. The molecule has 1 fully saturated rings. The molecule has 55 heavy (non-hydrogen) atoms. The Hall–Kier alpha value is -5.49. The molecule has 3 aromatic heterocycles. The van der Waals surface area contributed by atoms with E-state index in [-0.39, 0.29) is 60.5 Å². The number of aromatic nitrogens is 5. The van der Waals surface area contributed by atoms with Crippen molar-refractivity contribution in [3.63, 3.8) is 0 Å². The third kappa shape index (κ3) is 8.15. The smallest absolute Gasteiger partial charge is 0.416 e. The molecule has 2 amide bonds. The van der Waals surface area contributed by atoms with E-state index in [2.05, 4.69) is 25.3 Å². The fourth-order valence-corrected chi connectivity index (χ4v) is 6.28. The lowest BCUT2D eigenvalue weighted by atomic mass is 10.0. The van der Waals surface area contributed by atoms with Gasteiger partial charge in [0.15, 0.2) is 42.1 Å². The number of fused-ring (bicyclic) bond motifs is 1. The predicted octanol–water partition coefficient (Wildman–Crippen LogP) is -0.145. The summed E-state index contributed by atoms with van der Waals surface area (Å²) in [6, 6.07) is 0.869. The molecule has 1 atom stereocenters. The Morgan fingerprint density at radius 2 is 1.76 bits per heavy atom. The molecule has 1 aliphatic rings. The van der Waals surface area contributed by atoms with Crippen molar-refractivity contribution in [1.29, 1.82) is 0 Å². The molecule has 1 aromatic carbocycles. The average molecular weight is 775 g/mol. The van der Waals surface area contributed by atoms with Gasteiger partial charge in [-0.2, -0.15) is 13.2 Å². The number of halogens is 4. The van der Waals surface area contributed by atoms with Crippen LogP contribution in [0.2, 0.25) is 0 Å². The first-order chi connectivity index (χ1) is 25.6. The summed E-state index contributed by atoms with van der Waals surface area (Å²) in [5.74, 6) is -8.07. The Labute approximate surface area is 309 Å². The van der Waals surface area contributed by atoms with Crippen molar-refractivity contribution >= 4 is 48.0 Å². The molecule has 0 saturated carbocycles. The Bertz CT molecular complexity index is 2180. The summed E-state index contributed by atoms with van der Waals surface area (Å²) >= 11 is 0. The number of anilines is 3. The molecule has 292 valence electrons. The first-order valence-corrected chi connectivity index (χ1v) is 16.4. The second-order valence-corrected chi connectivity index (χ2v) is 12.5. The molecule has 0 spiro atoms. The number of aryl methyl sites for hydroxylation is 1. The SMILES string of the molecule is [B]C(O)(O)N(c1cnc2c(n1)c(=O)c(N1CCN(C(=O)c3ncnc(C)c3O)CC1CC)c(CC)n2CC(=O)Nc1ccc(C(F)(F)F)cc1F)C(O)(O)O. The monoisotopic (exact) mass is 775 g/mol. The van der Waals surface area contributed by atoms with Crippen LogP contribution < -0.4 is 20.5 Å². The molecule has 2 radical (unpaired) electrons. The van der Waals surface area contributed by atoms with E-state index in [9.17, 15) is 62.6 Å². The highest BCUT2D eigenvalue weighted by Crippen LogP contribution is 2.33. The summed E-state index contributed by atoms with van der Waals surface area (Å²) in [5, 5.41) is 62.3. The second-order valence-electron chi connectivity index (χ2n) is 12.5. The Morgan fingerprint density at radius 1 is 1.07 bits per heavy atom. The summed E-state index contributed by atoms with van der Waals surface area (Å²) in [6.07, 6.45) is -6.83. The van der Waals surface area contributed by atoms with Gasteiger partial charge < -0.3 is 50.3 Å². The molecule has 5 rings (SSSR count). The number of nitrogens with one attached hydrogen (secondary N) is 1. The number of carbonyl (C=O) groups is 2. The van der Waals surface area contributed by atoms with Crippen LogP contribution in [-0.4, -0.2) is 117 Å². The Morgan fingerprint density at radius 3 is 2.35 bits per heavy atom. The highest BCUT2D eigenvalue weighted by atomic mass is 19.4. The Balaban J connectivity index is 1.64. The maximum atomic E-state index is 14.7. The standard InChI is InChI=1S/C32H34BF4N9O9/c1-4-17-12-43(29(50)24-26(48)15(3)39-14-40-24)8-9-44(17)25-20(5-2)45(13-22(47)41-19-7-6-16(10-18(19)34)30(35,36)37)28-23(27(25)49)42-21(11-38-28)46(31(33,51)52)32(53,54)55/h6-7,10-11,14,17,48,51-55H,4-5,8-9,12-13H2,1-3H3,(H,41,47). The maximum absolute atomic E-state index is 14.7. The van der Waals surface area contributed by atoms with E-state index in [0.717, 1.165) is 12.4 Å². The summed E-state index contributed by atoms with van der Waals surface area (Å²) < 4.78 is 55.3. The van der Waals surface area contributed by atoms with E-state index in [4.69, 9.17) is 7.85 Å². The topological polar surface area (TPSA) is 251 Å². The molecule has 4 heterocycles. The lowest BCUT2D eigenvalue weighted by Gasteiger charge is -2.43. The van der Waals surface area contributed by atoms with Gasteiger partial charge in [0.2, 0.25) is 11.3 Å². The molecule has 1 unspecified atom stereocenters. The zero-order chi connectivity index (χ0) is 40.8. The van der Waals surface area contributed by atoms with E-state index in [0.29, 0.717) is 18.7 Å². The van der Waals surface area contributed by atoms with Crippen LogP contribution >= 0.6 is 0 Å². The van der Waals surface area contributed by atoms with Gasteiger partial charge in [-0.3, -0.25) is 14.4 Å². The van der Waals surface area contributed by atoms with Gasteiger partial charge >= 0.3 is 12.3 Å². The molecule has 4 aromatic rings. The summed E-state index contributed by atoms with van der Waals surface area (Å²) in [6.45, 7) is 4.08. The minimum Gasteiger partial charge on any atom is -0.504 e. The van der Waals surface area contributed by atoms with Crippen LogP contribution in [0.15, 0.2) is 35.5 Å². The number of rotatable bonds is 10. The van der Waals surface area contributed by atoms with E-state index >= 15 is 0 Å². The van der Waals surface area contributed by atoms with Gasteiger partial charge in [0.1, 0.15) is 24.4 Å². The summed E-state index contributed by atoms with van der Waals surface area (Å²) in [4.78, 5) is 59.8. The molecular formula is C32H34BF4N9O9. The number of hydrogen-bond acceptors (Lipinski definition) is 15. The quantitative estimate of drug-likeness (QED) is 0.0629. The van der Waals surface area contributed by atoms with E-state index < -0.39 is 87.0 Å².